The molecule has 1 unspecified atom stereocenters. The summed E-state index contributed by atoms with van der Waals surface area (Å²) in [6.07, 6.45) is 1.44. The van der Waals surface area contributed by atoms with Gasteiger partial charge >= 0.3 is 12.0 Å². The average molecular weight is 301 g/mol. The Morgan fingerprint density at radius 1 is 1.14 bits per heavy atom. The van der Waals surface area contributed by atoms with E-state index in [1.807, 2.05) is 20.9 Å². The molecular weight excluding hydrogens is 270 g/mol. The summed E-state index contributed by atoms with van der Waals surface area (Å²) in [6, 6.07) is 0.198. The standard InChI is InChI=1S/C15H31N3O3/c1-11(2)9-13(14(19)20)10-17-15(21)16-7-6-8-18(5)12(3)4/h11-13H,6-10H2,1-5H3,(H,19,20)(H2,16,17,21). The first-order chi connectivity index (χ1) is 9.73. The van der Waals surface area contributed by atoms with Crippen LogP contribution < -0.4 is 10.6 Å². The van der Waals surface area contributed by atoms with Gasteiger partial charge in [-0.15, -0.1) is 0 Å². The van der Waals surface area contributed by atoms with E-state index in [2.05, 4.69) is 29.4 Å². The topological polar surface area (TPSA) is 81.7 Å². The van der Waals surface area contributed by atoms with Crippen molar-refractivity contribution in [1.29, 1.82) is 0 Å². The lowest BCUT2D eigenvalue weighted by Gasteiger charge is -2.20. The van der Waals surface area contributed by atoms with Gasteiger partial charge in [-0.3, -0.25) is 4.79 Å². The molecule has 2 amide bonds. The van der Waals surface area contributed by atoms with Crippen molar-refractivity contribution in [1.82, 2.24) is 15.5 Å². The van der Waals surface area contributed by atoms with Gasteiger partial charge in [0.15, 0.2) is 0 Å². The van der Waals surface area contributed by atoms with Crippen molar-refractivity contribution >= 4 is 12.0 Å². The van der Waals surface area contributed by atoms with E-state index >= 15 is 0 Å². The summed E-state index contributed by atoms with van der Waals surface area (Å²) in [7, 11) is 2.05. The zero-order chi connectivity index (χ0) is 16.4. The molecule has 0 fully saturated rings. The van der Waals surface area contributed by atoms with Crippen molar-refractivity contribution in [3.8, 4) is 0 Å². The first kappa shape index (κ1) is 19.7. The highest BCUT2D eigenvalue weighted by atomic mass is 16.4. The van der Waals surface area contributed by atoms with Crippen molar-refractivity contribution in [3.63, 3.8) is 0 Å². The number of nitrogens with zero attached hydrogens (tertiary/aromatic N) is 1. The smallest absolute Gasteiger partial charge is 0.314 e. The van der Waals surface area contributed by atoms with Crippen LogP contribution in [0, 0.1) is 11.8 Å². The molecule has 0 aliphatic carbocycles. The van der Waals surface area contributed by atoms with Crippen molar-refractivity contribution in [3.05, 3.63) is 0 Å². The molecule has 21 heavy (non-hydrogen) atoms. The Bertz CT molecular complexity index is 319. The lowest BCUT2D eigenvalue weighted by atomic mass is 9.97. The van der Waals surface area contributed by atoms with Crippen LogP contribution in [0.1, 0.15) is 40.5 Å². The number of hydrogen-bond acceptors (Lipinski definition) is 3. The molecule has 0 heterocycles. The normalized spacial score (nSPS) is 12.8. The predicted molar refractivity (Wildman–Crippen MR) is 84.4 cm³/mol. The van der Waals surface area contributed by atoms with E-state index in [-0.39, 0.29) is 12.6 Å². The molecule has 0 saturated heterocycles. The van der Waals surface area contributed by atoms with Crippen LogP contribution in [0.3, 0.4) is 0 Å². The third-order valence-corrected chi connectivity index (χ3v) is 3.47. The molecule has 0 radical (unpaired) electrons. The Morgan fingerprint density at radius 2 is 1.76 bits per heavy atom. The molecule has 0 bridgehead atoms. The second kappa shape index (κ2) is 10.4. The van der Waals surface area contributed by atoms with Crippen LogP contribution in [0.5, 0.6) is 0 Å². The van der Waals surface area contributed by atoms with Crippen LogP contribution in [0.15, 0.2) is 0 Å². The summed E-state index contributed by atoms with van der Waals surface area (Å²) >= 11 is 0. The second-order valence-electron chi connectivity index (χ2n) is 6.23. The molecule has 6 nitrogen and oxygen atoms in total. The van der Waals surface area contributed by atoms with Gasteiger partial charge in [-0.05, 0) is 46.2 Å². The van der Waals surface area contributed by atoms with Crippen molar-refractivity contribution in [2.24, 2.45) is 11.8 Å². The lowest BCUT2D eigenvalue weighted by Crippen LogP contribution is -2.41. The van der Waals surface area contributed by atoms with E-state index in [4.69, 9.17) is 5.11 Å². The molecule has 0 aromatic heterocycles. The van der Waals surface area contributed by atoms with E-state index in [0.29, 0.717) is 24.9 Å². The maximum Gasteiger partial charge on any atom is 0.314 e. The molecule has 0 rings (SSSR count). The molecule has 3 N–H and O–H groups in total. The summed E-state index contributed by atoms with van der Waals surface area (Å²) in [4.78, 5) is 24.9. The SMILES string of the molecule is CC(C)CC(CNC(=O)NCCCN(C)C(C)C)C(=O)O. The van der Waals surface area contributed by atoms with Crippen LogP contribution >= 0.6 is 0 Å². The van der Waals surface area contributed by atoms with Crippen LogP contribution in [-0.2, 0) is 4.79 Å². The second-order valence-corrected chi connectivity index (χ2v) is 6.23. The molecule has 1 atom stereocenters. The number of hydrogen-bond donors (Lipinski definition) is 3. The molecule has 6 heteroatoms. The van der Waals surface area contributed by atoms with Gasteiger partial charge in [-0.1, -0.05) is 13.8 Å². The lowest BCUT2D eigenvalue weighted by molar-refractivity contribution is -0.142. The maximum atomic E-state index is 11.6. The first-order valence-corrected chi connectivity index (χ1v) is 7.68. The summed E-state index contributed by atoms with van der Waals surface area (Å²) in [6.45, 7) is 9.88. The molecule has 0 spiro atoms. The highest BCUT2D eigenvalue weighted by Gasteiger charge is 2.19. The minimum Gasteiger partial charge on any atom is -0.481 e. The number of amides is 2. The fourth-order valence-corrected chi connectivity index (χ4v) is 1.91. The Morgan fingerprint density at radius 3 is 2.24 bits per heavy atom. The highest BCUT2D eigenvalue weighted by Crippen LogP contribution is 2.10. The number of urea groups is 1. The first-order valence-electron chi connectivity index (χ1n) is 7.68. The third-order valence-electron chi connectivity index (χ3n) is 3.47. The van der Waals surface area contributed by atoms with Crippen LogP contribution in [0.25, 0.3) is 0 Å². The zero-order valence-electron chi connectivity index (χ0n) is 14.0. The van der Waals surface area contributed by atoms with E-state index in [1.54, 1.807) is 0 Å². The van der Waals surface area contributed by atoms with Crippen LogP contribution in [0.4, 0.5) is 4.79 Å². The van der Waals surface area contributed by atoms with Gasteiger partial charge < -0.3 is 20.6 Å². The van der Waals surface area contributed by atoms with Gasteiger partial charge in [0, 0.05) is 19.1 Å². The number of rotatable bonds is 10. The van der Waals surface area contributed by atoms with E-state index in [9.17, 15) is 9.59 Å². The van der Waals surface area contributed by atoms with E-state index in [0.717, 1.165) is 13.0 Å². The minimum absolute atomic E-state index is 0.172. The summed E-state index contributed by atoms with van der Waals surface area (Å²) in [5.41, 5.74) is 0. The van der Waals surface area contributed by atoms with E-state index in [1.165, 1.54) is 0 Å². The monoisotopic (exact) mass is 301 g/mol. The molecule has 0 aliphatic rings. The summed E-state index contributed by atoms with van der Waals surface area (Å²) < 4.78 is 0. The average Bonchev–Trinajstić information content (AvgIpc) is 2.38. The largest absolute Gasteiger partial charge is 0.481 e. The van der Waals surface area contributed by atoms with Gasteiger partial charge in [0.1, 0.15) is 0 Å². The predicted octanol–water partition coefficient (Wildman–Crippen LogP) is 1.76. The van der Waals surface area contributed by atoms with Crippen molar-refractivity contribution in [2.45, 2.75) is 46.6 Å². The maximum absolute atomic E-state index is 11.6. The number of aliphatic carboxylic acids is 1. The number of carboxylic acid groups (broad SMARTS) is 1. The molecule has 0 saturated carbocycles. The minimum atomic E-state index is -0.859. The highest BCUT2D eigenvalue weighted by molar-refractivity contribution is 5.75. The Hall–Kier alpha value is -1.30. The fourth-order valence-electron chi connectivity index (χ4n) is 1.91. The molecule has 124 valence electrons. The number of carbonyl (C=O) groups excluding carboxylic acids is 1. The molecule has 0 aromatic rings. The van der Waals surface area contributed by atoms with Crippen molar-refractivity contribution < 1.29 is 14.7 Å². The van der Waals surface area contributed by atoms with Crippen LogP contribution in [-0.4, -0.2) is 54.7 Å². The van der Waals surface area contributed by atoms with Gasteiger partial charge in [0.25, 0.3) is 0 Å². The summed E-state index contributed by atoms with van der Waals surface area (Å²) in [5.74, 6) is -1.09. The van der Waals surface area contributed by atoms with E-state index < -0.39 is 11.9 Å². The molecule has 0 aromatic carbocycles. The Balaban J connectivity index is 3.85. The van der Waals surface area contributed by atoms with Gasteiger partial charge in [-0.2, -0.15) is 0 Å². The number of carboxylic acids is 1. The Labute approximate surface area is 128 Å². The molecule has 0 aliphatic heterocycles. The van der Waals surface area contributed by atoms with Gasteiger partial charge in [0.05, 0.1) is 5.92 Å². The van der Waals surface area contributed by atoms with Gasteiger partial charge in [-0.25, -0.2) is 4.79 Å². The zero-order valence-corrected chi connectivity index (χ0v) is 14.0. The number of nitrogens with one attached hydrogen (secondary N) is 2. The third kappa shape index (κ3) is 10.1. The quantitative estimate of drug-likeness (QED) is 0.537. The number of carbonyl (C=O) groups is 2. The fraction of sp³-hybridized carbons (Fsp3) is 0.867. The van der Waals surface area contributed by atoms with Gasteiger partial charge in [0.2, 0.25) is 0 Å². The van der Waals surface area contributed by atoms with Crippen molar-refractivity contribution in [2.75, 3.05) is 26.7 Å². The summed E-state index contributed by atoms with van der Waals surface area (Å²) in [5, 5.41) is 14.5. The molecular formula is C15H31N3O3. The van der Waals surface area contributed by atoms with Crippen LogP contribution in [0.2, 0.25) is 0 Å². The Kier molecular flexibility index (Phi) is 9.78.